The van der Waals surface area contributed by atoms with Gasteiger partial charge in [0.2, 0.25) is 0 Å². The van der Waals surface area contributed by atoms with Crippen molar-refractivity contribution < 1.29 is 14.3 Å². The Bertz CT molecular complexity index is 392. The largest absolute Gasteiger partial charge is 0.468 e. The summed E-state index contributed by atoms with van der Waals surface area (Å²) < 4.78 is 11.0. The van der Waals surface area contributed by atoms with Crippen LogP contribution in [0.5, 0.6) is 0 Å². The number of methoxy groups -OCH3 is 1. The molecule has 1 aliphatic heterocycles. The first-order valence-corrected chi connectivity index (χ1v) is 7.88. The van der Waals surface area contributed by atoms with Crippen LogP contribution in [0.4, 0.5) is 0 Å². The monoisotopic (exact) mass is 298 g/mol. The third-order valence-corrected chi connectivity index (χ3v) is 4.59. The smallest absolute Gasteiger partial charge is 0.325 e. The molecule has 2 fully saturated rings. The van der Waals surface area contributed by atoms with Gasteiger partial charge in [-0.15, -0.1) is 0 Å². The number of morpholine rings is 1. The van der Waals surface area contributed by atoms with E-state index in [1.165, 1.54) is 7.11 Å². The van der Waals surface area contributed by atoms with Gasteiger partial charge in [-0.05, 0) is 53.4 Å². The molecule has 5 nitrogen and oxygen atoms in total. The summed E-state index contributed by atoms with van der Waals surface area (Å²) in [5.74, 6) is -0.279. The summed E-state index contributed by atoms with van der Waals surface area (Å²) in [6, 6.07) is 0.324. The molecule has 1 saturated heterocycles. The molecule has 21 heavy (non-hydrogen) atoms. The molecule has 122 valence electrons. The zero-order valence-electron chi connectivity index (χ0n) is 14.1. The summed E-state index contributed by atoms with van der Waals surface area (Å²) in [6.45, 7) is 10.2. The van der Waals surface area contributed by atoms with Crippen molar-refractivity contribution >= 4 is 5.97 Å². The van der Waals surface area contributed by atoms with E-state index < -0.39 is 5.54 Å². The first kappa shape index (κ1) is 16.7. The van der Waals surface area contributed by atoms with Crippen molar-refractivity contribution in [3.05, 3.63) is 0 Å². The molecule has 1 aliphatic carbocycles. The molecule has 0 aromatic rings. The van der Waals surface area contributed by atoms with E-state index in [2.05, 4.69) is 32.6 Å². The third-order valence-electron chi connectivity index (χ3n) is 4.59. The van der Waals surface area contributed by atoms with Crippen molar-refractivity contribution in [1.29, 1.82) is 0 Å². The highest BCUT2D eigenvalue weighted by molar-refractivity contribution is 5.80. The van der Waals surface area contributed by atoms with Crippen LogP contribution in [-0.2, 0) is 14.3 Å². The van der Waals surface area contributed by atoms with Crippen LogP contribution < -0.4 is 5.73 Å². The zero-order valence-corrected chi connectivity index (χ0v) is 14.1. The Kier molecular flexibility index (Phi) is 4.40. The molecule has 0 radical (unpaired) electrons. The quantitative estimate of drug-likeness (QED) is 0.786. The number of rotatable bonds is 2. The number of carbonyl (C=O) groups excluding carboxylic acids is 1. The Balaban J connectivity index is 2.12. The fraction of sp³-hybridized carbons (Fsp3) is 0.938. The summed E-state index contributed by atoms with van der Waals surface area (Å²) in [5, 5.41) is 0. The van der Waals surface area contributed by atoms with Crippen molar-refractivity contribution in [3.8, 4) is 0 Å². The molecule has 0 bridgehead atoms. The Hall–Kier alpha value is -0.650. The summed E-state index contributed by atoms with van der Waals surface area (Å²) in [6.07, 6.45) is 3.44. The van der Waals surface area contributed by atoms with Crippen molar-refractivity contribution in [3.63, 3.8) is 0 Å². The van der Waals surface area contributed by atoms with Gasteiger partial charge in [0, 0.05) is 19.1 Å². The maximum Gasteiger partial charge on any atom is 0.325 e. The fourth-order valence-electron chi connectivity index (χ4n) is 4.08. The van der Waals surface area contributed by atoms with E-state index >= 15 is 0 Å². The minimum atomic E-state index is -0.829. The Morgan fingerprint density at radius 2 is 1.81 bits per heavy atom. The van der Waals surface area contributed by atoms with E-state index in [0.29, 0.717) is 18.9 Å². The number of esters is 1. The van der Waals surface area contributed by atoms with Crippen LogP contribution in [0.1, 0.15) is 53.4 Å². The molecule has 0 aromatic carbocycles. The van der Waals surface area contributed by atoms with E-state index in [-0.39, 0.29) is 17.2 Å². The average molecular weight is 298 g/mol. The number of hydrogen-bond acceptors (Lipinski definition) is 5. The van der Waals surface area contributed by atoms with E-state index in [9.17, 15) is 4.79 Å². The van der Waals surface area contributed by atoms with Gasteiger partial charge in [-0.25, -0.2) is 0 Å². The average Bonchev–Trinajstić information content (AvgIpc) is 2.34. The first-order valence-electron chi connectivity index (χ1n) is 7.88. The molecule has 2 unspecified atom stereocenters. The van der Waals surface area contributed by atoms with Crippen LogP contribution in [0.15, 0.2) is 0 Å². The van der Waals surface area contributed by atoms with Crippen LogP contribution in [0.25, 0.3) is 0 Å². The van der Waals surface area contributed by atoms with Gasteiger partial charge in [-0.1, -0.05) is 0 Å². The van der Waals surface area contributed by atoms with Crippen LogP contribution in [0.3, 0.4) is 0 Å². The molecule has 1 saturated carbocycles. The lowest BCUT2D eigenvalue weighted by molar-refractivity contribution is -0.191. The number of hydrogen-bond donors (Lipinski definition) is 1. The zero-order chi connectivity index (χ0) is 15.9. The molecule has 2 N–H and O–H groups in total. The predicted octanol–water partition coefficient (Wildman–Crippen LogP) is 1.69. The second-order valence-corrected chi connectivity index (χ2v) is 7.92. The number of nitrogens with two attached hydrogens (primary N) is 1. The molecule has 0 spiro atoms. The summed E-state index contributed by atoms with van der Waals surface area (Å²) >= 11 is 0. The SMILES string of the molecule is COC(=O)C1(N)CCCC(N2CC(C)(C)OC(C)(C)C2)C1. The maximum atomic E-state index is 12.0. The normalized spacial score (nSPS) is 36.2. The van der Waals surface area contributed by atoms with Gasteiger partial charge in [0.25, 0.3) is 0 Å². The van der Waals surface area contributed by atoms with Gasteiger partial charge in [0.1, 0.15) is 5.54 Å². The highest BCUT2D eigenvalue weighted by atomic mass is 16.5. The van der Waals surface area contributed by atoms with Gasteiger partial charge in [-0.3, -0.25) is 9.69 Å². The molecular weight excluding hydrogens is 268 g/mol. The van der Waals surface area contributed by atoms with Crippen LogP contribution in [0.2, 0.25) is 0 Å². The minimum absolute atomic E-state index is 0.179. The number of carbonyl (C=O) groups is 1. The summed E-state index contributed by atoms with van der Waals surface area (Å²) in [7, 11) is 1.42. The lowest BCUT2D eigenvalue weighted by Crippen LogP contribution is -2.63. The Labute approximate surface area is 128 Å². The summed E-state index contributed by atoms with van der Waals surface area (Å²) in [4.78, 5) is 14.4. The molecule has 0 amide bonds. The van der Waals surface area contributed by atoms with Gasteiger partial charge >= 0.3 is 5.97 Å². The number of nitrogens with zero attached hydrogens (tertiary/aromatic N) is 1. The van der Waals surface area contributed by atoms with Gasteiger partial charge in [-0.2, -0.15) is 0 Å². The standard InChI is InChI=1S/C16H30N2O3/c1-14(2)10-18(11-15(3,4)21-14)12-7-6-8-16(17,9-12)13(19)20-5/h12H,6-11,17H2,1-5H3. The number of ether oxygens (including phenoxy) is 2. The fourth-order valence-corrected chi connectivity index (χ4v) is 4.08. The van der Waals surface area contributed by atoms with E-state index in [1.54, 1.807) is 0 Å². The lowest BCUT2D eigenvalue weighted by Gasteiger charge is -2.51. The molecule has 2 atom stereocenters. The van der Waals surface area contributed by atoms with Gasteiger partial charge in [0.05, 0.1) is 18.3 Å². The van der Waals surface area contributed by atoms with E-state index in [4.69, 9.17) is 15.2 Å². The van der Waals surface area contributed by atoms with Crippen LogP contribution in [-0.4, -0.2) is 53.9 Å². The van der Waals surface area contributed by atoms with Crippen LogP contribution in [0, 0.1) is 0 Å². The maximum absolute atomic E-state index is 12.0. The second-order valence-electron chi connectivity index (χ2n) is 7.92. The highest BCUT2D eigenvalue weighted by Crippen LogP contribution is 2.35. The highest BCUT2D eigenvalue weighted by Gasteiger charge is 2.46. The molecule has 5 heteroatoms. The third kappa shape index (κ3) is 3.76. The van der Waals surface area contributed by atoms with Crippen LogP contribution >= 0.6 is 0 Å². The minimum Gasteiger partial charge on any atom is -0.468 e. The van der Waals surface area contributed by atoms with Crippen molar-refractivity contribution in [1.82, 2.24) is 4.90 Å². The summed E-state index contributed by atoms with van der Waals surface area (Å²) in [5.41, 5.74) is 5.13. The van der Waals surface area contributed by atoms with Crippen molar-refractivity contribution in [2.45, 2.75) is 76.2 Å². The second kappa shape index (κ2) is 5.52. The molecule has 1 heterocycles. The van der Waals surface area contributed by atoms with Crippen molar-refractivity contribution in [2.24, 2.45) is 5.73 Å². The Morgan fingerprint density at radius 3 is 2.33 bits per heavy atom. The molecule has 2 aliphatic rings. The molecule has 0 aromatic heterocycles. The van der Waals surface area contributed by atoms with E-state index in [1.807, 2.05) is 0 Å². The predicted molar refractivity (Wildman–Crippen MR) is 82.0 cm³/mol. The van der Waals surface area contributed by atoms with E-state index in [0.717, 1.165) is 25.9 Å². The Morgan fingerprint density at radius 1 is 1.24 bits per heavy atom. The topological polar surface area (TPSA) is 64.8 Å². The van der Waals surface area contributed by atoms with Gasteiger partial charge in [0.15, 0.2) is 0 Å². The first-order chi connectivity index (χ1) is 9.57. The molecule has 2 rings (SSSR count). The van der Waals surface area contributed by atoms with Crippen molar-refractivity contribution in [2.75, 3.05) is 20.2 Å². The molecular formula is C16H30N2O3. The van der Waals surface area contributed by atoms with Gasteiger partial charge < -0.3 is 15.2 Å². The lowest BCUT2D eigenvalue weighted by atomic mass is 9.78.